The molecule has 1 saturated heterocycles. The number of piperidine rings is 1. The van der Waals surface area contributed by atoms with Crippen molar-refractivity contribution in [2.45, 2.75) is 38.8 Å². The van der Waals surface area contributed by atoms with E-state index in [1.54, 1.807) is 44.3 Å². The number of aromatic nitrogens is 2. The number of ether oxygens (including phenoxy) is 1. The third-order valence-corrected chi connectivity index (χ3v) is 5.07. The third kappa shape index (κ3) is 4.11. The number of furan rings is 1. The zero-order valence-electron chi connectivity index (χ0n) is 16.7. The second-order valence-corrected chi connectivity index (χ2v) is 7.33. The van der Waals surface area contributed by atoms with Gasteiger partial charge in [-0.15, -0.1) is 0 Å². The largest absolute Gasteiger partial charge is 0.487 e. The summed E-state index contributed by atoms with van der Waals surface area (Å²) in [6.07, 6.45) is 1.81. The second-order valence-electron chi connectivity index (χ2n) is 7.33. The zero-order valence-corrected chi connectivity index (χ0v) is 16.7. The smallest absolute Gasteiger partial charge is 0.280 e. The molecular formula is C21H22F2N4O3. The van der Waals surface area contributed by atoms with Crippen molar-refractivity contribution in [1.82, 2.24) is 20.6 Å². The lowest BCUT2D eigenvalue weighted by Gasteiger charge is -2.32. The van der Waals surface area contributed by atoms with E-state index in [9.17, 15) is 13.6 Å². The molecule has 1 amide bonds. The summed E-state index contributed by atoms with van der Waals surface area (Å²) in [5.74, 6) is -2.07. The molecule has 1 unspecified atom stereocenters. The lowest BCUT2D eigenvalue weighted by Crippen LogP contribution is -2.57. The Balaban J connectivity index is 1.56. The van der Waals surface area contributed by atoms with Crippen LogP contribution >= 0.6 is 0 Å². The first kappa shape index (κ1) is 20.2. The summed E-state index contributed by atoms with van der Waals surface area (Å²) >= 11 is 0. The van der Waals surface area contributed by atoms with Gasteiger partial charge in [0.2, 0.25) is 0 Å². The molecule has 158 valence electrons. The van der Waals surface area contributed by atoms with Gasteiger partial charge >= 0.3 is 0 Å². The predicted molar refractivity (Wildman–Crippen MR) is 106 cm³/mol. The predicted octanol–water partition coefficient (Wildman–Crippen LogP) is 3.15. The molecular weight excluding hydrogens is 394 g/mol. The molecule has 0 aliphatic carbocycles. The van der Waals surface area contributed by atoms with Crippen LogP contribution in [0.5, 0.6) is 5.75 Å². The molecule has 1 fully saturated rings. The van der Waals surface area contributed by atoms with Crippen LogP contribution in [0.2, 0.25) is 0 Å². The molecule has 1 atom stereocenters. The van der Waals surface area contributed by atoms with Crippen LogP contribution in [-0.4, -0.2) is 40.9 Å². The van der Waals surface area contributed by atoms with Gasteiger partial charge in [-0.3, -0.25) is 4.79 Å². The first-order chi connectivity index (χ1) is 14.3. The fraction of sp³-hybridized carbons (Fsp3) is 0.381. The van der Waals surface area contributed by atoms with Crippen LogP contribution in [0.15, 0.2) is 34.9 Å². The number of rotatable bonds is 5. The van der Waals surface area contributed by atoms with E-state index >= 15 is 0 Å². The van der Waals surface area contributed by atoms with Crippen molar-refractivity contribution in [3.05, 3.63) is 53.3 Å². The number of nitrogens with one attached hydrogen (secondary N) is 2. The minimum Gasteiger partial charge on any atom is -0.487 e. The maximum absolute atomic E-state index is 14.1. The Kier molecular flexibility index (Phi) is 5.38. The molecule has 0 radical (unpaired) electrons. The maximum atomic E-state index is 14.1. The molecule has 4 rings (SSSR count). The molecule has 30 heavy (non-hydrogen) atoms. The Morgan fingerprint density at radius 3 is 2.97 bits per heavy atom. The van der Waals surface area contributed by atoms with Crippen molar-refractivity contribution >= 4 is 16.9 Å². The van der Waals surface area contributed by atoms with Crippen LogP contribution in [0.4, 0.5) is 8.78 Å². The van der Waals surface area contributed by atoms with Crippen LogP contribution in [0.1, 0.15) is 34.1 Å². The van der Waals surface area contributed by atoms with E-state index in [0.29, 0.717) is 34.8 Å². The third-order valence-electron chi connectivity index (χ3n) is 5.07. The summed E-state index contributed by atoms with van der Waals surface area (Å²) < 4.78 is 39.7. The quantitative estimate of drug-likeness (QED) is 0.664. The highest BCUT2D eigenvalue weighted by molar-refractivity contribution is 6.07. The summed E-state index contributed by atoms with van der Waals surface area (Å²) in [5.41, 5.74) is 1.44. The highest BCUT2D eigenvalue weighted by atomic mass is 19.3. The Bertz CT molecular complexity index is 1080. The zero-order chi connectivity index (χ0) is 21.3. The first-order valence-corrected chi connectivity index (χ1v) is 9.67. The van der Waals surface area contributed by atoms with E-state index in [2.05, 4.69) is 20.6 Å². The van der Waals surface area contributed by atoms with E-state index in [1.165, 1.54) is 0 Å². The maximum Gasteiger partial charge on any atom is 0.280 e. The van der Waals surface area contributed by atoms with E-state index in [-0.39, 0.29) is 18.6 Å². The number of carbonyl (C=O) groups excluding carboxylic acids is 1. The van der Waals surface area contributed by atoms with Crippen LogP contribution in [0.3, 0.4) is 0 Å². The molecule has 1 aliphatic rings. The number of amides is 1. The van der Waals surface area contributed by atoms with Gasteiger partial charge in [0.25, 0.3) is 11.8 Å². The number of halogens is 2. The number of alkyl halides is 2. The number of fused-ring (bicyclic) bond motifs is 1. The van der Waals surface area contributed by atoms with Gasteiger partial charge in [-0.05, 0) is 51.1 Å². The molecule has 0 saturated carbocycles. The molecule has 1 aliphatic heterocycles. The van der Waals surface area contributed by atoms with E-state index in [4.69, 9.17) is 9.15 Å². The molecule has 9 heteroatoms. The number of benzene rings is 1. The number of aryl methyl sites for hydroxylation is 2. The average Bonchev–Trinajstić information content (AvgIpc) is 3.03. The Morgan fingerprint density at radius 2 is 2.20 bits per heavy atom. The van der Waals surface area contributed by atoms with Crippen molar-refractivity contribution in [3.8, 4) is 5.75 Å². The number of hydrogen-bond acceptors (Lipinski definition) is 6. The van der Waals surface area contributed by atoms with Crippen molar-refractivity contribution in [3.63, 3.8) is 0 Å². The molecule has 1 aromatic carbocycles. The van der Waals surface area contributed by atoms with Gasteiger partial charge < -0.3 is 19.8 Å². The highest BCUT2D eigenvalue weighted by Gasteiger charge is 2.42. The number of carbonyl (C=O) groups is 1. The van der Waals surface area contributed by atoms with Gasteiger partial charge in [-0.2, -0.15) is 0 Å². The fourth-order valence-electron chi connectivity index (χ4n) is 3.56. The Morgan fingerprint density at radius 1 is 1.37 bits per heavy atom. The lowest BCUT2D eigenvalue weighted by atomic mass is 10.0. The van der Waals surface area contributed by atoms with E-state index in [1.807, 2.05) is 0 Å². The Labute approximate surface area is 171 Å². The summed E-state index contributed by atoms with van der Waals surface area (Å²) in [5, 5.41) is 5.64. The molecule has 0 bridgehead atoms. The normalized spacial score (nSPS) is 18.3. The summed E-state index contributed by atoms with van der Waals surface area (Å²) in [6.45, 7) is 3.63. The van der Waals surface area contributed by atoms with Gasteiger partial charge in [0.05, 0.1) is 23.8 Å². The molecule has 2 N–H and O–H groups in total. The standard InChI is InChI=1S/C21H22F2N4O3/c1-12-19(20(28)27-18-6-7-24-11-21(18,22)23)16-9-15(3-4-17(16)30-12)29-10-14-5-8-25-13(2)26-14/h3-5,8-9,18,24H,6-7,10-11H2,1-2H3,(H,27,28). The van der Waals surface area contributed by atoms with Crippen LogP contribution < -0.4 is 15.4 Å². The monoisotopic (exact) mass is 416 g/mol. The van der Waals surface area contributed by atoms with Crippen molar-refractivity contribution < 1.29 is 22.7 Å². The van der Waals surface area contributed by atoms with Crippen molar-refractivity contribution in [1.29, 1.82) is 0 Å². The summed E-state index contributed by atoms with van der Waals surface area (Å²) in [6, 6.07) is 5.62. The number of nitrogens with zero attached hydrogens (tertiary/aromatic N) is 2. The van der Waals surface area contributed by atoms with E-state index in [0.717, 1.165) is 5.69 Å². The topological polar surface area (TPSA) is 89.3 Å². The molecule has 0 spiro atoms. The minimum absolute atomic E-state index is 0.153. The minimum atomic E-state index is -3.01. The summed E-state index contributed by atoms with van der Waals surface area (Å²) in [7, 11) is 0. The molecule has 3 aromatic rings. The average molecular weight is 416 g/mol. The van der Waals surface area contributed by atoms with Crippen LogP contribution in [0.25, 0.3) is 11.0 Å². The lowest BCUT2D eigenvalue weighted by molar-refractivity contribution is -0.0487. The van der Waals surface area contributed by atoms with Gasteiger partial charge in [0, 0.05) is 11.6 Å². The molecule has 2 aromatic heterocycles. The van der Waals surface area contributed by atoms with Gasteiger partial charge in [-0.1, -0.05) is 0 Å². The molecule has 7 nitrogen and oxygen atoms in total. The van der Waals surface area contributed by atoms with Gasteiger partial charge in [0.1, 0.15) is 29.5 Å². The SMILES string of the molecule is Cc1nccc(COc2ccc3oc(C)c(C(=O)NC4CCNCC4(F)F)c3c2)n1. The summed E-state index contributed by atoms with van der Waals surface area (Å²) in [4.78, 5) is 21.2. The fourth-order valence-corrected chi connectivity index (χ4v) is 3.56. The van der Waals surface area contributed by atoms with Crippen molar-refractivity contribution in [2.75, 3.05) is 13.1 Å². The first-order valence-electron chi connectivity index (χ1n) is 9.67. The van der Waals surface area contributed by atoms with Crippen LogP contribution in [0, 0.1) is 13.8 Å². The highest BCUT2D eigenvalue weighted by Crippen LogP contribution is 2.30. The molecule has 3 heterocycles. The second kappa shape index (κ2) is 7.98. The van der Waals surface area contributed by atoms with Gasteiger partial charge in [-0.25, -0.2) is 18.7 Å². The van der Waals surface area contributed by atoms with Gasteiger partial charge in [0.15, 0.2) is 0 Å². The van der Waals surface area contributed by atoms with E-state index < -0.39 is 24.4 Å². The van der Waals surface area contributed by atoms with Crippen molar-refractivity contribution in [2.24, 2.45) is 0 Å². The number of hydrogen-bond donors (Lipinski definition) is 2. The van der Waals surface area contributed by atoms with Crippen LogP contribution in [-0.2, 0) is 6.61 Å². The Hall–Kier alpha value is -3.07.